The second-order valence-corrected chi connectivity index (χ2v) is 17.7. The normalized spacial score (nSPS) is 19.7. The molecule has 0 aliphatic carbocycles. The zero-order chi connectivity index (χ0) is 45.4. The van der Waals surface area contributed by atoms with Crippen LogP contribution in [0.3, 0.4) is 0 Å². The van der Waals surface area contributed by atoms with Gasteiger partial charge in [0.05, 0.1) is 53.3 Å². The highest BCUT2D eigenvalue weighted by molar-refractivity contribution is 6.34. The number of piperidine rings is 1. The number of carbonyl (C=O) groups excluding carboxylic acids is 3. The summed E-state index contributed by atoms with van der Waals surface area (Å²) in [5.41, 5.74) is -2.63. The van der Waals surface area contributed by atoms with Crippen molar-refractivity contribution in [3.63, 3.8) is 0 Å². The van der Waals surface area contributed by atoms with Gasteiger partial charge < -0.3 is 45.0 Å². The Balaban J connectivity index is 0.964. The number of alkyl halides is 3. The molecule has 16 nitrogen and oxygen atoms in total. The van der Waals surface area contributed by atoms with Gasteiger partial charge in [0.1, 0.15) is 5.69 Å². The average Bonchev–Trinajstić information content (AvgIpc) is 3.82. The van der Waals surface area contributed by atoms with E-state index in [1.54, 1.807) is 23.6 Å². The molecule has 63 heavy (non-hydrogen) atoms. The quantitative estimate of drug-likeness (QED) is 0.0956. The van der Waals surface area contributed by atoms with Crippen molar-refractivity contribution >= 4 is 46.7 Å². The van der Waals surface area contributed by atoms with Crippen molar-refractivity contribution in [1.29, 1.82) is 0 Å². The minimum atomic E-state index is -4.96. The van der Waals surface area contributed by atoms with Crippen LogP contribution < -0.4 is 16.0 Å². The number of piperazine rings is 1. The van der Waals surface area contributed by atoms with Crippen molar-refractivity contribution < 1.29 is 51.4 Å². The number of anilines is 2. The van der Waals surface area contributed by atoms with Crippen LogP contribution in [0, 0.1) is 17.7 Å². The molecule has 0 spiro atoms. The Hall–Kier alpha value is -5.57. The van der Waals surface area contributed by atoms with Crippen LogP contribution in [0.15, 0.2) is 48.8 Å². The topological polar surface area (TPSA) is 187 Å². The fourth-order valence-electron chi connectivity index (χ4n) is 8.48. The summed E-state index contributed by atoms with van der Waals surface area (Å²) in [4.78, 5) is 59.6. The van der Waals surface area contributed by atoms with Crippen molar-refractivity contribution in [2.24, 2.45) is 18.9 Å². The van der Waals surface area contributed by atoms with Gasteiger partial charge in [0, 0.05) is 95.1 Å². The number of nitrogens with one attached hydrogen (secondary N) is 3. The Bertz CT molecular complexity index is 2380. The second-order valence-electron chi connectivity index (χ2n) is 17.3. The van der Waals surface area contributed by atoms with Gasteiger partial charge in [-0.05, 0) is 50.2 Å². The van der Waals surface area contributed by atoms with E-state index in [-0.39, 0.29) is 77.4 Å². The first-order valence-electron chi connectivity index (χ1n) is 20.6. The molecule has 3 saturated heterocycles. The number of nitrogens with zero attached hydrogens (tertiary/aromatic N) is 7. The third-order valence-corrected chi connectivity index (χ3v) is 12.3. The first kappa shape index (κ1) is 45.5. The molecule has 5 heterocycles. The Morgan fingerprint density at radius 1 is 0.984 bits per heavy atom. The molecule has 3 aliphatic heterocycles. The van der Waals surface area contributed by atoms with Crippen molar-refractivity contribution in [2.75, 3.05) is 82.6 Å². The maximum atomic E-state index is 15.2. The van der Waals surface area contributed by atoms with Crippen molar-refractivity contribution in [2.45, 2.75) is 38.5 Å². The third kappa shape index (κ3) is 10.3. The second kappa shape index (κ2) is 17.9. The van der Waals surface area contributed by atoms with E-state index >= 15 is 4.39 Å². The van der Waals surface area contributed by atoms with Gasteiger partial charge in [-0.1, -0.05) is 11.6 Å². The summed E-state index contributed by atoms with van der Waals surface area (Å²) >= 11 is 6.55. The number of hydrogen-bond acceptors (Lipinski definition) is 9. The zero-order valence-electron chi connectivity index (χ0n) is 35.0. The standard InChI is InChI=1S/C42H49ClF4N10O6/c1-41(2,63)24-50-27-5-7-33(32(44)17-27)56-21-30(36(52-56)42(45,46)47)34-20-49-37(53(34)3)38(60)51-28-4-6-29(31(43)16-28)40(62)55-12-10-54(11-13-55)39(61)26-8-14-57(15-9-26,23-35(58)59)22-25-18-48-19-25/h4-7,16-17,20-21,25-26,48,50,63H,8-15,18-19,22-24H2,1-3H3,(H-,51,58,59,60,62)/p+1. The molecule has 7 rings (SSSR count). The minimum Gasteiger partial charge on any atom is -0.477 e. The van der Waals surface area contributed by atoms with Crippen LogP contribution in [-0.2, 0) is 22.8 Å². The summed E-state index contributed by atoms with van der Waals surface area (Å²) in [6.07, 6.45) is -1.67. The fourth-order valence-corrected chi connectivity index (χ4v) is 8.74. The number of halogens is 5. The lowest BCUT2D eigenvalue weighted by molar-refractivity contribution is -0.929. The molecular formula is C42H50ClF4N10O6+. The Kier molecular flexibility index (Phi) is 12.9. The first-order chi connectivity index (χ1) is 29.7. The fraction of sp³-hybridized carbons (Fsp3) is 0.476. The monoisotopic (exact) mass is 901 g/mol. The Labute approximate surface area is 365 Å². The van der Waals surface area contributed by atoms with E-state index in [4.69, 9.17) is 11.6 Å². The highest BCUT2D eigenvalue weighted by atomic mass is 35.5. The minimum absolute atomic E-state index is 0.0176. The molecule has 0 atom stereocenters. The van der Waals surface area contributed by atoms with Crippen LogP contribution in [-0.4, -0.2) is 145 Å². The third-order valence-electron chi connectivity index (χ3n) is 11.9. The number of amides is 3. The number of imidazole rings is 1. The largest absolute Gasteiger partial charge is 0.477 e. The summed E-state index contributed by atoms with van der Waals surface area (Å²) in [6.45, 7) is 8.30. The van der Waals surface area contributed by atoms with Gasteiger partial charge in [-0.15, -0.1) is 0 Å². The highest BCUT2D eigenvalue weighted by Gasteiger charge is 2.43. The van der Waals surface area contributed by atoms with Crippen molar-refractivity contribution in [3.05, 3.63) is 76.7 Å². The van der Waals surface area contributed by atoms with Gasteiger partial charge in [-0.25, -0.2) is 18.9 Å². The summed E-state index contributed by atoms with van der Waals surface area (Å²) in [5.74, 6) is -2.87. The van der Waals surface area contributed by atoms with E-state index in [0.717, 1.165) is 47.3 Å². The molecule has 3 amide bonds. The number of hydrogen-bond donors (Lipinski definition) is 5. The molecular weight excluding hydrogens is 852 g/mol. The number of aliphatic hydroxyl groups is 1. The lowest BCUT2D eigenvalue weighted by Crippen LogP contribution is -2.62. The van der Waals surface area contributed by atoms with Crippen LogP contribution >= 0.6 is 11.6 Å². The van der Waals surface area contributed by atoms with Crippen molar-refractivity contribution in [1.82, 2.24) is 34.4 Å². The number of carbonyl (C=O) groups is 4. The first-order valence-corrected chi connectivity index (χ1v) is 21.0. The zero-order valence-corrected chi connectivity index (χ0v) is 35.8. The molecule has 0 saturated carbocycles. The predicted octanol–water partition coefficient (Wildman–Crippen LogP) is 4.33. The number of benzene rings is 2. The molecule has 2 aromatic heterocycles. The molecule has 0 unspecified atom stereocenters. The maximum Gasteiger partial charge on any atom is 0.435 e. The van der Waals surface area contributed by atoms with Gasteiger partial charge in [-0.3, -0.25) is 14.4 Å². The van der Waals surface area contributed by atoms with E-state index in [2.05, 4.69) is 26.0 Å². The number of carboxylic acid groups (broad SMARTS) is 1. The van der Waals surface area contributed by atoms with Crippen LogP contribution in [0.2, 0.25) is 5.02 Å². The van der Waals surface area contributed by atoms with Gasteiger partial charge in [-0.2, -0.15) is 18.3 Å². The number of carboxylic acids is 1. The number of likely N-dealkylation sites (tertiary alicyclic amines) is 1. The Morgan fingerprint density at radius 3 is 2.24 bits per heavy atom. The molecule has 3 aliphatic rings. The number of rotatable bonds is 13. The predicted molar refractivity (Wildman–Crippen MR) is 224 cm³/mol. The van der Waals surface area contributed by atoms with E-state index in [1.807, 2.05) is 0 Å². The molecule has 21 heteroatoms. The highest BCUT2D eigenvalue weighted by Crippen LogP contribution is 2.37. The van der Waals surface area contributed by atoms with Crippen molar-refractivity contribution in [3.8, 4) is 16.9 Å². The Morgan fingerprint density at radius 2 is 1.65 bits per heavy atom. The maximum absolute atomic E-state index is 15.2. The van der Waals surface area contributed by atoms with E-state index in [1.165, 1.54) is 37.4 Å². The van der Waals surface area contributed by atoms with Gasteiger partial charge in [0.15, 0.2) is 23.9 Å². The number of quaternary nitrogens is 1. The molecule has 3 fully saturated rings. The van der Waals surface area contributed by atoms with E-state index in [9.17, 15) is 42.6 Å². The van der Waals surface area contributed by atoms with Crippen LogP contribution in [0.4, 0.5) is 28.9 Å². The van der Waals surface area contributed by atoms with E-state index in [0.29, 0.717) is 55.1 Å². The van der Waals surface area contributed by atoms with Crippen LogP contribution in [0.1, 0.15) is 53.4 Å². The summed E-state index contributed by atoms with van der Waals surface area (Å²) in [5, 5.41) is 32.0. The number of aromatic nitrogens is 4. The van der Waals surface area contributed by atoms with Crippen LogP contribution in [0.25, 0.3) is 16.9 Å². The van der Waals surface area contributed by atoms with Crippen LogP contribution in [0.5, 0.6) is 0 Å². The average molecular weight is 902 g/mol. The molecule has 0 bridgehead atoms. The molecule has 5 N–H and O–H groups in total. The SMILES string of the molecule is Cn1c(-c2cn(-c3ccc(NCC(C)(C)O)cc3F)nc2C(F)(F)F)cnc1C(=O)Nc1ccc(C(=O)N2CCN(C(=O)C3CC[N+](CC(=O)O)(CC4CNC4)CC3)CC2)c(Cl)c1. The van der Waals surface area contributed by atoms with E-state index < -0.39 is 40.7 Å². The molecule has 0 radical (unpaired) electrons. The van der Waals surface area contributed by atoms with Gasteiger partial charge in [0.25, 0.3) is 11.8 Å². The summed E-state index contributed by atoms with van der Waals surface area (Å²) in [7, 11) is 1.34. The summed E-state index contributed by atoms with van der Waals surface area (Å²) in [6, 6.07) is 8.04. The lowest BCUT2D eigenvalue weighted by atomic mass is 9.90. The number of aliphatic carboxylic acids is 1. The smallest absolute Gasteiger partial charge is 0.435 e. The summed E-state index contributed by atoms with van der Waals surface area (Å²) < 4.78 is 60.5. The molecule has 2 aromatic carbocycles. The van der Waals surface area contributed by atoms with Gasteiger partial charge >= 0.3 is 12.1 Å². The molecule has 4 aromatic rings. The lowest BCUT2D eigenvalue weighted by Gasteiger charge is -2.46. The molecule has 338 valence electrons. The van der Waals surface area contributed by atoms with Gasteiger partial charge in [0.2, 0.25) is 5.91 Å².